The molecule has 0 aliphatic carbocycles. The highest BCUT2D eigenvalue weighted by atomic mass is 79.9. The van der Waals surface area contributed by atoms with E-state index in [0.29, 0.717) is 54.2 Å². The highest BCUT2D eigenvalue weighted by Gasteiger charge is 2.32. The van der Waals surface area contributed by atoms with Gasteiger partial charge in [-0.2, -0.15) is 10.1 Å². The van der Waals surface area contributed by atoms with Crippen molar-refractivity contribution in [3.63, 3.8) is 0 Å². The minimum Gasteiger partial charge on any atom is -0.493 e. The number of hydrazone groups is 1. The van der Waals surface area contributed by atoms with Crippen LogP contribution < -0.4 is 19.8 Å². The number of para-hydroxylation sites is 1. The van der Waals surface area contributed by atoms with Gasteiger partial charge in [0.2, 0.25) is 0 Å². The molecule has 0 spiro atoms. The van der Waals surface area contributed by atoms with Crippen LogP contribution >= 0.6 is 39.1 Å². The highest BCUT2D eigenvalue weighted by Crippen LogP contribution is 2.38. The molecule has 10 heteroatoms. The molecule has 2 amide bonds. The third-order valence-electron chi connectivity index (χ3n) is 6.04. The fourth-order valence-corrected chi connectivity index (χ4v) is 5.01. The summed E-state index contributed by atoms with van der Waals surface area (Å²) in [5.74, 6) is 0.0472. The van der Waals surface area contributed by atoms with Gasteiger partial charge in [0, 0.05) is 11.3 Å². The molecule has 0 aromatic heterocycles. The number of nitrogens with zero attached hydrogens (tertiary/aromatic N) is 2. The molecule has 1 N–H and O–H groups in total. The monoisotopic (exact) mass is 649 g/mol. The van der Waals surface area contributed by atoms with Gasteiger partial charge >= 0.3 is 0 Å². The van der Waals surface area contributed by atoms with Gasteiger partial charge in [-0.25, -0.2) is 0 Å². The predicted octanol–water partition coefficient (Wildman–Crippen LogP) is 7.62. The standard InChI is InChI=1S/C31H22BrCl2N3O4/c1-40-27-16-19(15-24(32)30(27)41-18-28(38)35-21-12-13-25(33)26(34)17-21)14-23-29(20-8-4-2-5-9-20)36-37(31(23)39)22-10-6-3-7-11-22/h2-17H,18H2,1H3,(H,35,38)/b23-14-. The Balaban J connectivity index is 1.41. The van der Waals surface area contributed by atoms with Crippen LogP contribution in [-0.4, -0.2) is 31.2 Å². The molecule has 1 aliphatic rings. The third-order valence-corrected chi connectivity index (χ3v) is 7.37. The van der Waals surface area contributed by atoms with Crippen LogP contribution in [0.1, 0.15) is 11.1 Å². The second kappa shape index (κ2) is 12.6. The minimum atomic E-state index is -0.398. The predicted molar refractivity (Wildman–Crippen MR) is 166 cm³/mol. The van der Waals surface area contributed by atoms with Crippen molar-refractivity contribution < 1.29 is 19.1 Å². The molecule has 1 heterocycles. The van der Waals surface area contributed by atoms with E-state index in [4.69, 9.17) is 32.7 Å². The van der Waals surface area contributed by atoms with E-state index < -0.39 is 5.91 Å². The molecule has 0 atom stereocenters. The summed E-state index contributed by atoms with van der Waals surface area (Å²) in [6, 6.07) is 27.1. The largest absolute Gasteiger partial charge is 0.493 e. The Labute approximate surface area is 255 Å². The number of carbonyl (C=O) groups is 2. The lowest BCUT2D eigenvalue weighted by Gasteiger charge is -2.14. The number of rotatable bonds is 8. The average Bonchev–Trinajstić information content (AvgIpc) is 3.30. The van der Waals surface area contributed by atoms with Gasteiger partial charge in [0.05, 0.1) is 32.9 Å². The minimum absolute atomic E-state index is 0.260. The van der Waals surface area contributed by atoms with Crippen LogP contribution in [0.15, 0.2) is 106 Å². The third kappa shape index (κ3) is 6.46. The quantitative estimate of drug-likeness (QED) is 0.199. The molecule has 41 heavy (non-hydrogen) atoms. The van der Waals surface area contributed by atoms with Gasteiger partial charge in [-0.1, -0.05) is 71.7 Å². The first-order valence-corrected chi connectivity index (χ1v) is 13.9. The van der Waals surface area contributed by atoms with E-state index in [1.165, 1.54) is 12.1 Å². The van der Waals surface area contributed by atoms with E-state index in [0.717, 1.165) is 5.56 Å². The maximum atomic E-state index is 13.6. The van der Waals surface area contributed by atoms with Crippen molar-refractivity contribution in [2.75, 3.05) is 24.0 Å². The number of hydrogen-bond donors (Lipinski definition) is 1. The normalized spacial score (nSPS) is 13.8. The zero-order valence-electron chi connectivity index (χ0n) is 21.6. The lowest BCUT2D eigenvalue weighted by molar-refractivity contribution is -0.118. The van der Waals surface area contributed by atoms with Gasteiger partial charge < -0.3 is 14.8 Å². The van der Waals surface area contributed by atoms with E-state index >= 15 is 0 Å². The van der Waals surface area contributed by atoms with Crippen LogP contribution in [0.25, 0.3) is 6.08 Å². The topological polar surface area (TPSA) is 80.2 Å². The van der Waals surface area contributed by atoms with E-state index in [-0.39, 0.29) is 12.5 Å². The number of methoxy groups -OCH3 is 1. The summed E-state index contributed by atoms with van der Waals surface area (Å²) in [6.45, 7) is -0.287. The van der Waals surface area contributed by atoms with Crippen molar-refractivity contribution in [1.82, 2.24) is 0 Å². The molecule has 1 aliphatic heterocycles. The summed E-state index contributed by atoms with van der Waals surface area (Å²) in [6.07, 6.45) is 1.76. The van der Waals surface area contributed by atoms with Crippen molar-refractivity contribution in [2.24, 2.45) is 5.10 Å². The van der Waals surface area contributed by atoms with Gasteiger partial charge in [0.1, 0.15) is 5.71 Å². The molecule has 0 radical (unpaired) electrons. The van der Waals surface area contributed by atoms with Gasteiger partial charge in [0.25, 0.3) is 11.8 Å². The number of amides is 2. The van der Waals surface area contributed by atoms with Crippen LogP contribution in [-0.2, 0) is 9.59 Å². The maximum Gasteiger partial charge on any atom is 0.281 e. The lowest BCUT2D eigenvalue weighted by Crippen LogP contribution is -2.21. The van der Waals surface area contributed by atoms with E-state index in [2.05, 4.69) is 26.3 Å². The first-order chi connectivity index (χ1) is 19.8. The molecule has 0 saturated heterocycles. The van der Waals surface area contributed by atoms with Crippen molar-refractivity contribution >= 4 is 74.1 Å². The molecular weight excluding hydrogens is 629 g/mol. The van der Waals surface area contributed by atoms with Crippen LogP contribution in [0, 0.1) is 0 Å². The Kier molecular flexibility index (Phi) is 8.73. The van der Waals surface area contributed by atoms with Crippen molar-refractivity contribution in [1.29, 1.82) is 0 Å². The molecule has 0 saturated carbocycles. The first kappa shape index (κ1) is 28.4. The Morgan fingerprint density at radius 1 is 0.976 bits per heavy atom. The van der Waals surface area contributed by atoms with Crippen molar-refractivity contribution in [2.45, 2.75) is 0 Å². The van der Waals surface area contributed by atoms with Crippen LogP contribution in [0.5, 0.6) is 11.5 Å². The Morgan fingerprint density at radius 3 is 2.37 bits per heavy atom. The second-order valence-corrected chi connectivity index (χ2v) is 10.5. The summed E-state index contributed by atoms with van der Waals surface area (Å²) in [5.41, 5.74) is 3.60. The summed E-state index contributed by atoms with van der Waals surface area (Å²) in [5, 5.41) is 9.49. The van der Waals surface area contributed by atoms with E-state index in [9.17, 15) is 9.59 Å². The Hall–Kier alpha value is -4.11. The van der Waals surface area contributed by atoms with Crippen molar-refractivity contribution in [3.8, 4) is 11.5 Å². The molecule has 4 aromatic carbocycles. The number of benzene rings is 4. The highest BCUT2D eigenvalue weighted by molar-refractivity contribution is 9.10. The number of carbonyl (C=O) groups excluding carboxylic acids is 2. The van der Waals surface area contributed by atoms with Crippen LogP contribution in [0.2, 0.25) is 10.0 Å². The first-order valence-electron chi connectivity index (χ1n) is 12.3. The molecular formula is C31H22BrCl2N3O4. The van der Waals surface area contributed by atoms with Gasteiger partial charge in [0.15, 0.2) is 18.1 Å². The van der Waals surface area contributed by atoms with Gasteiger partial charge in [-0.3, -0.25) is 9.59 Å². The summed E-state index contributed by atoms with van der Waals surface area (Å²) >= 11 is 15.5. The van der Waals surface area contributed by atoms with Crippen molar-refractivity contribution in [3.05, 3.63) is 122 Å². The van der Waals surface area contributed by atoms with Crippen LogP contribution in [0.4, 0.5) is 11.4 Å². The van der Waals surface area contributed by atoms with Gasteiger partial charge in [-0.05, 0) is 70.0 Å². The number of hydrogen-bond acceptors (Lipinski definition) is 5. The number of nitrogens with one attached hydrogen (secondary N) is 1. The molecule has 5 rings (SSSR count). The number of anilines is 2. The molecule has 0 bridgehead atoms. The zero-order chi connectivity index (χ0) is 28.9. The Morgan fingerprint density at radius 2 is 1.68 bits per heavy atom. The SMILES string of the molecule is COc1cc(/C=C2\C(=O)N(c3ccccc3)N=C2c2ccccc2)cc(Br)c1OCC(=O)Nc1ccc(Cl)c(Cl)c1. The lowest BCUT2D eigenvalue weighted by atomic mass is 10.00. The Bertz CT molecular complexity index is 1680. The van der Waals surface area contributed by atoms with Gasteiger partial charge in [-0.15, -0.1) is 0 Å². The van der Waals surface area contributed by atoms with E-state index in [1.807, 2.05) is 60.7 Å². The van der Waals surface area contributed by atoms with E-state index in [1.54, 1.807) is 36.4 Å². The summed E-state index contributed by atoms with van der Waals surface area (Å²) in [4.78, 5) is 26.1. The molecule has 206 valence electrons. The fourth-order valence-electron chi connectivity index (χ4n) is 4.14. The molecule has 7 nitrogen and oxygen atoms in total. The van der Waals surface area contributed by atoms with Crippen LogP contribution in [0.3, 0.4) is 0 Å². The number of ether oxygens (including phenoxy) is 2. The molecule has 0 fully saturated rings. The average molecular weight is 651 g/mol. The second-order valence-electron chi connectivity index (χ2n) is 8.83. The maximum absolute atomic E-state index is 13.6. The zero-order valence-corrected chi connectivity index (χ0v) is 24.7. The smallest absolute Gasteiger partial charge is 0.281 e. The number of halogens is 3. The fraction of sp³-hybridized carbons (Fsp3) is 0.0645. The summed E-state index contributed by atoms with van der Waals surface area (Å²) in [7, 11) is 1.50. The molecule has 4 aromatic rings. The molecule has 0 unspecified atom stereocenters. The summed E-state index contributed by atoms with van der Waals surface area (Å²) < 4.78 is 11.9.